The molecule has 0 saturated heterocycles. The highest BCUT2D eigenvalue weighted by atomic mass is 32.2. The molecule has 0 radical (unpaired) electrons. The molecule has 0 aliphatic rings. The summed E-state index contributed by atoms with van der Waals surface area (Å²) in [6.07, 6.45) is 0. The molecule has 0 bridgehead atoms. The molecular weight excluding hydrogens is 428 g/mol. The van der Waals surface area contributed by atoms with Crippen molar-refractivity contribution >= 4 is 15.7 Å². The van der Waals surface area contributed by atoms with Gasteiger partial charge in [-0.25, -0.2) is 13.4 Å². The van der Waals surface area contributed by atoms with Gasteiger partial charge in [0.05, 0.1) is 17.1 Å². The summed E-state index contributed by atoms with van der Waals surface area (Å²) < 4.78 is 36.5. The third-order valence-electron chi connectivity index (χ3n) is 4.93. The Bertz CT molecular complexity index is 1340. The maximum atomic E-state index is 12.7. The normalized spacial score (nSPS) is 11.4. The van der Waals surface area contributed by atoms with E-state index in [-0.39, 0.29) is 16.6 Å². The van der Waals surface area contributed by atoms with Crippen molar-refractivity contribution in [3.05, 3.63) is 95.3 Å². The fourth-order valence-electron chi connectivity index (χ4n) is 3.19. The molecule has 0 spiro atoms. The molecule has 4 rings (SSSR count). The number of furan rings is 1. The van der Waals surface area contributed by atoms with Crippen LogP contribution in [0.15, 0.2) is 80.5 Å². The van der Waals surface area contributed by atoms with Gasteiger partial charge in [-0.2, -0.15) is 0 Å². The Morgan fingerprint density at radius 1 is 0.938 bits per heavy atom. The van der Waals surface area contributed by atoms with Gasteiger partial charge in [-0.05, 0) is 62.4 Å². The van der Waals surface area contributed by atoms with Crippen molar-refractivity contribution in [3.63, 3.8) is 0 Å². The van der Waals surface area contributed by atoms with E-state index in [0.29, 0.717) is 40.8 Å². The fourth-order valence-corrected chi connectivity index (χ4v) is 4.56. The number of rotatable bonds is 7. The van der Waals surface area contributed by atoms with E-state index >= 15 is 0 Å². The van der Waals surface area contributed by atoms with Gasteiger partial charge < -0.3 is 14.2 Å². The minimum absolute atomic E-state index is 0.233. The summed E-state index contributed by atoms with van der Waals surface area (Å²) in [4.78, 5) is 17.0. The summed E-state index contributed by atoms with van der Waals surface area (Å²) in [7, 11) is -3.53. The minimum Gasteiger partial charge on any atom is -0.465 e. The largest absolute Gasteiger partial charge is 0.465 e. The Balaban J connectivity index is 1.46. The summed E-state index contributed by atoms with van der Waals surface area (Å²) in [6.45, 7) is 3.83. The Kier molecular flexibility index (Phi) is 5.96. The van der Waals surface area contributed by atoms with Gasteiger partial charge >= 0.3 is 0 Å². The molecule has 0 aliphatic carbocycles. The zero-order valence-electron chi connectivity index (χ0n) is 17.7. The van der Waals surface area contributed by atoms with Crippen LogP contribution in [-0.2, 0) is 22.1 Å². The van der Waals surface area contributed by atoms with Crippen LogP contribution in [-0.4, -0.2) is 19.3 Å². The Morgan fingerprint density at radius 3 is 2.31 bits per heavy atom. The number of sulfone groups is 1. The number of nitrogens with one attached hydrogen (secondary N) is 1. The van der Waals surface area contributed by atoms with E-state index in [4.69, 9.17) is 8.83 Å². The molecule has 1 N–H and O–H groups in total. The van der Waals surface area contributed by atoms with E-state index in [2.05, 4.69) is 10.3 Å². The number of oxazole rings is 1. The second kappa shape index (κ2) is 8.84. The van der Waals surface area contributed by atoms with Crippen LogP contribution >= 0.6 is 0 Å². The predicted molar refractivity (Wildman–Crippen MR) is 119 cm³/mol. The zero-order valence-corrected chi connectivity index (χ0v) is 18.5. The van der Waals surface area contributed by atoms with Crippen LogP contribution in [0.25, 0.3) is 11.5 Å². The summed E-state index contributed by atoms with van der Waals surface area (Å²) >= 11 is 0. The zero-order chi connectivity index (χ0) is 22.7. The van der Waals surface area contributed by atoms with Crippen LogP contribution in [0.3, 0.4) is 0 Å². The van der Waals surface area contributed by atoms with Crippen molar-refractivity contribution in [2.75, 3.05) is 0 Å². The van der Waals surface area contributed by atoms with Crippen LogP contribution in [0.2, 0.25) is 0 Å². The number of carbonyl (C=O) groups is 1. The molecule has 0 aliphatic heterocycles. The first-order valence-corrected chi connectivity index (χ1v) is 11.6. The molecule has 164 valence electrons. The van der Waals surface area contributed by atoms with Gasteiger partial charge in [0.1, 0.15) is 23.0 Å². The van der Waals surface area contributed by atoms with Crippen molar-refractivity contribution in [3.8, 4) is 11.5 Å². The maximum absolute atomic E-state index is 12.7. The lowest BCUT2D eigenvalue weighted by atomic mass is 10.1. The second-order valence-corrected chi connectivity index (χ2v) is 9.36. The standard InChI is InChI=1S/C24H22N2O5S/c1-16-8-13-20(30-16)14-25-23(27)18-9-11-19(12-10-18)24-26-22(17(2)31-24)15-32(28,29)21-6-4-3-5-7-21/h3-13H,14-15H2,1-2H3,(H,25,27). The number of benzene rings is 2. The molecule has 2 aromatic carbocycles. The van der Waals surface area contributed by atoms with Crippen molar-refractivity contribution < 1.29 is 22.0 Å². The second-order valence-electron chi connectivity index (χ2n) is 7.37. The van der Waals surface area contributed by atoms with Crippen LogP contribution in [0.1, 0.15) is 33.3 Å². The molecule has 4 aromatic rings. The maximum Gasteiger partial charge on any atom is 0.251 e. The van der Waals surface area contributed by atoms with Gasteiger partial charge in [0.2, 0.25) is 5.89 Å². The Labute approximate surface area is 186 Å². The molecular formula is C24H22N2O5S. The molecule has 7 nitrogen and oxygen atoms in total. The highest BCUT2D eigenvalue weighted by molar-refractivity contribution is 7.90. The van der Waals surface area contributed by atoms with Gasteiger partial charge in [0.15, 0.2) is 9.84 Å². The fraction of sp³-hybridized carbons (Fsp3) is 0.167. The third-order valence-corrected chi connectivity index (χ3v) is 6.58. The number of carbonyl (C=O) groups excluding carboxylic acids is 1. The highest BCUT2D eigenvalue weighted by Crippen LogP contribution is 2.25. The SMILES string of the molecule is Cc1ccc(CNC(=O)c2ccc(-c3nc(CS(=O)(=O)c4ccccc4)c(C)o3)cc2)o1. The van der Waals surface area contributed by atoms with Gasteiger partial charge in [-0.1, -0.05) is 18.2 Å². The number of aryl methyl sites for hydroxylation is 2. The van der Waals surface area contributed by atoms with Crippen molar-refractivity contribution in [1.29, 1.82) is 0 Å². The molecule has 0 unspecified atom stereocenters. The minimum atomic E-state index is -3.53. The number of amides is 1. The molecule has 32 heavy (non-hydrogen) atoms. The van der Waals surface area contributed by atoms with E-state index in [1.54, 1.807) is 61.5 Å². The number of hydrogen-bond donors (Lipinski definition) is 1. The lowest BCUT2D eigenvalue weighted by molar-refractivity contribution is 0.0948. The van der Waals surface area contributed by atoms with E-state index < -0.39 is 9.84 Å². The van der Waals surface area contributed by atoms with Crippen LogP contribution in [0.4, 0.5) is 0 Å². The average molecular weight is 451 g/mol. The number of aromatic nitrogens is 1. The summed E-state index contributed by atoms with van der Waals surface area (Å²) in [5, 5.41) is 2.80. The topological polar surface area (TPSA) is 102 Å². The highest BCUT2D eigenvalue weighted by Gasteiger charge is 2.21. The van der Waals surface area contributed by atoms with Crippen molar-refractivity contribution in [1.82, 2.24) is 10.3 Å². The molecule has 0 saturated carbocycles. The Morgan fingerprint density at radius 2 is 1.66 bits per heavy atom. The first kappa shape index (κ1) is 21.6. The van der Waals surface area contributed by atoms with Gasteiger partial charge in [-0.3, -0.25) is 4.79 Å². The van der Waals surface area contributed by atoms with Crippen LogP contribution in [0, 0.1) is 13.8 Å². The van der Waals surface area contributed by atoms with E-state index in [9.17, 15) is 13.2 Å². The first-order valence-electron chi connectivity index (χ1n) is 10.00. The van der Waals surface area contributed by atoms with E-state index in [1.807, 2.05) is 19.1 Å². The molecule has 2 heterocycles. The summed E-state index contributed by atoms with van der Waals surface area (Å²) in [6, 6.07) is 18.7. The molecule has 0 fully saturated rings. The quantitative estimate of drug-likeness (QED) is 0.446. The molecule has 8 heteroatoms. The third kappa shape index (κ3) is 4.81. The lowest BCUT2D eigenvalue weighted by Gasteiger charge is -2.04. The van der Waals surface area contributed by atoms with E-state index in [0.717, 1.165) is 5.76 Å². The van der Waals surface area contributed by atoms with Gasteiger partial charge in [-0.15, -0.1) is 0 Å². The summed E-state index contributed by atoms with van der Waals surface area (Å²) in [5.74, 6) is 1.73. The smallest absolute Gasteiger partial charge is 0.251 e. The van der Waals surface area contributed by atoms with E-state index in [1.165, 1.54) is 0 Å². The lowest BCUT2D eigenvalue weighted by Crippen LogP contribution is -2.22. The average Bonchev–Trinajstić information content (AvgIpc) is 3.37. The van der Waals surface area contributed by atoms with Gasteiger partial charge in [0, 0.05) is 11.1 Å². The monoisotopic (exact) mass is 450 g/mol. The molecule has 0 atom stereocenters. The number of nitrogens with zero attached hydrogens (tertiary/aromatic N) is 1. The van der Waals surface area contributed by atoms with Crippen molar-refractivity contribution in [2.24, 2.45) is 0 Å². The molecule has 1 amide bonds. The van der Waals surface area contributed by atoms with Crippen LogP contribution < -0.4 is 5.32 Å². The number of hydrogen-bond acceptors (Lipinski definition) is 6. The van der Waals surface area contributed by atoms with Crippen LogP contribution in [0.5, 0.6) is 0 Å². The Hall–Kier alpha value is -3.65. The predicted octanol–water partition coefficient (Wildman–Crippen LogP) is 4.46. The molecule has 2 aromatic heterocycles. The van der Waals surface area contributed by atoms with Crippen molar-refractivity contribution in [2.45, 2.75) is 31.0 Å². The summed E-state index contributed by atoms with van der Waals surface area (Å²) in [5.41, 5.74) is 1.49. The first-order chi connectivity index (χ1) is 15.3. The van der Waals surface area contributed by atoms with Gasteiger partial charge in [0.25, 0.3) is 5.91 Å².